The summed E-state index contributed by atoms with van der Waals surface area (Å²) in [6.45, 7) is 0.143. The van der Waals surface area contributed by atoms with E-state index >= 15 is 0 Å². The Bertz CT molecular complexity index is 1240. The minimum Gasteiger partial charge on any atom is -0.488 e. The molecule has 3 aromatic carbocycles. The van der Waals surface area contributed by atoms with Gasteiger partial charge in [0, 0.05) is 10.0 Å². The van der Waals surface area contributed by atoms with Gasteiger partial charge in [-0.3, -0.25) is 19.3 Å². The summed E-state index contributed by atoms with van der Waals surface area (Å²) in [5.41, 5.74) is 2.23. The van der Waals surface area contributed by atoms with Crippen molar-refractivity contribution in [1.29, 1.82) is 0 Å². The molecule has 0 aliphatic carbocycles. The van der Waals surface area contributed by atoms with Crippen molar-refractivity contribution in [2.45, 2.75) is 6.61 Å². The summed E-state index contributed by atoms with van der Waals surface area (Å²) in [4.78, 5) is 38.9. The van der Waals surface area contributed by atoms with Crippen LogP contribution in [0.3, 0.4) is 0 Å². The van der Waals surface area contributed by atoms with Crippen LogP contribution < -0.4 is 4.74 Å². The number of ether oxygens (including phenoxy) is 1. The fraction of sp³-hybridized carbons (Fsp3) is 0.0800. The first-order valence-electron chi connectivity index (χ1n) is 9.91. The zero-order valence-corrected chi connectivity index (χ0v) is 21.2. The molecule has 0 radical (unpaired) electrons. The summed E-state index contributed by atoms with van der Waals surface area (Å²) in [6.07, 6.45) is 1.64. The van der Waals surface area contributed by atoms with E-state index in [4.69, 9.17) is 4.74 Å². The smallest absolute Gasteiger partial charge is 0.293 e. The number of halogens is 2. The van der Waals surface area contributed by atoms with E-state index in [-0.39, 0.29) is 17.2 Å². The topological polar surface area (TPSA) is 63.7 Å². The van der Waals surface area contributed by atoms with Gasteiger partial charge in [0.15, 0.2) is 5.78 Å². The van der Waals surface area contributed by atoms with Crippen LogP contribution in [0, 0.1) is 0 Å². The normalized spacial score (nSPS) is 14.7. The maximum atomic E-state index is 12.8. The lowest BCUT2D eigenvalue weighted by Crippen LogP contribution is -2.33. The Hall–Kier alpha value is -2.68. The summed E-state index contributed by atoms with van der Waals surface area (Å²) in [5.74, 6) is -0.103. The molecule has 33 heavy (non-hydrogen) atoms. The molecule has 166 valence electrons. The van der Waals surface area contributed by atoms with Crippen molar-refractivity contribution in [3.63, 3.8) is 0 Å². The number of benzene rings is 3. The third-order valence-corrected chi connectivity index (χ3v) is 6.89. The van der Waals surface area contributed by atoms with Crippen LogP contribution in [-0.4, -0.2) is 28.4 Å². The molecule has 0 spiro atoms. The number of carbonyl (C=O) groups is 3. The Morgan fingerprint density at radius 3 is 2.39 bits per heavy atom. The third kappa shape index (κ3) is 5.82. The minimum atomic E-state index is -0.476. The van der Waals surface area contributed by atoms with E-state index in [1.165, 1.54) is 0 Å². The van der Waals surface area contributed by atoms with Gasteiger partial charge in [0.1, 0.15) is 12.4 Å². The molecule has 1 aliphatic rings. The number of amides is 2. The van der Waals surface area contributed by atoms with Gasteiger partial charge >= 0.3 is 0 Å². The number of hydrogen-bond donors (Lipinski definition) is 0. The van der Waals surface area contributed by atoms with Gasteiger partial charge in [0.05, 0.1) is 15.9 Å². The number of thioether (sulfide) groups is 1. The number of carbonyl (C=O) groups excluding carboxylic acids is 3. The van der Waals surface area contributed by atoms with Gasteiger partial charge in [-0.1, -0.05) is 64.5 Å². The molecule has 0 aromatic heterocycles. The molecule has 0 atom stereocenters. The minimum absolute atomic E-state index is 0.272. The second-order valence-electron chi connectivity index (χ2n) is 7.16. The first-order chi connectivity index (χ1) is 15.9. The highest BCUT2D eigenvalue weighted by Gasteiger charge is 2.36. The number of rotatable bonds is 7. The van der Waals surface area contributed by atoms with Crippen LogP contribution >= 0.6 is 43.6 Å². The van der Waals surface area contributed by atoms with Crippen molar-refractivity contribution in [2.24, 2.45) is 0 Å². The SMILES string of the molecule is O=C(CN1C(=O)S/C(=C/c2ccc(OCc3ccccc3)c(Br)c2)C1=O)c1ccc(Br)cc1. The monoisotopic (exact) mass is 585 g/mol. The van der Waals surface area contributed by atoms with Gasteiger partial charge in [-0.05, 0) is 69.2 Å². The Balaban J connectivity index is 1.43. The summed E-state index contributed by atoms with van der Waals surface area (Å²) in [6, 6.07) is 22.1. The third-order valence-electron chi connectivity index (χ3n) is 4.83. The van der Waals surface area contributed by atoms with Crippen molar-refractivity contribution in [3.8, 4) is 5.75 Å². The van der Waals surface area contributed by atoms with Gasteiger partial charge in [0.25, 0.3) is 11.1 Å². The number of Topliss-reactive ketones (excluding diaryl/α,β-unsaturated/α-hetero) is 1. The molecule has 0 unspecified atom stereocenters. The van der Waals surface area contributed by atoms with E-state index in [9.17, 15) is 14.4 Å². The second kappa shape index (κ2) is 10.5. The van der Waals surface area contributed by atoms with Crippen molar-refractivity contribution >= 4 is 66.6 Å². The Morgan fingerprint density at radius 2 is 1.70 bits per heavy atom. The van der Waals surface area contributed by atoms with E-state index in [0.717, 1.165) is 36.7 Å². The summed E-state index contributed by atoms with van der Waals surface area (Å²) < 4.78 is 7.43. The second-order valence-corrected chi connectivity index (χ2v) is 9.93. The van der Waals surface area contributed by atoms with Crippen molar-refractivity contribution in [2.75, 3.05) is 6.54 Å². The molecule has 3 aromatic rings. The summed E-state index contributed by atoms with van der Waals surface area (Å²) >= 11 is 7.65. The van der Waals surface area contributed by atoms with Crippen molar-refractivity contribution in [1.82, 2.24) is 4.90 Å². The molecule has 4 rings (SSSR count). The van der Waals surface area contributed by atoms with E-state index in [2.05, 4.69) is 31.9 Å². The van der Waals surface area contributed by atoms with Crippen LogP contribution in [0.1, 0.15) is 21.5 Å². The van der Waals surface area contributed by atoms with Gasteiger partial charge in [-0.25, -0.2) is 0 Å². The largest absolute Gasteiger partial charge is 0.488 e. The fourth-order valence-electron chi connectivity index (χ4n) is 3.12. The molecule has 0 saturated carbocycles. The lowest BCUT2D eigenvalue weighted by molar-refractivity contribution is -0.122. The van der Waals surface area contributed by atoms with Crippen LogP contribution in [0.2, 0.25) is 0 Å². The van der Waals surface area contributed by atoms with Gasteiger partial charge in [-0.15, -0.1) is 0 Å². The first-order valence-corrected chi connectivity index (χ1v) is 12.3. The maximum absolute atomic E-state index is 12.8. The molecule has 1 aliphatic heterocycles. The van der Waals surface area contributed by atoms with E-state index in [1.54, 1.807) is 36.4 Å². The Kier molecular flexibility index (Phi) is 7.47. The molecule has 1 saturated heterocycles. The number of ketones is 1. The highest BCUT2D eigenvalue weighted by atomic mass is 79.9. The molecular formula is C25H17Br2NO4S. The van der Waals surface area contributed by atoms with Crippen LogP contribution in [0.4, 0.5) is 4.79 Å². The predicted octanol–water partition coefficient (Wildman–Crippen LogP) is 6.71. The zero-order valence-electron chi connectivity index (χ0n) is 17.2. The molecular weight excluding hydrogens is 570 g/mol. The average molecular weight is 587 g/mol. The van der Waals surface area contributed by atoms with E-state index in [1.807, 2.05) is 42.5 Å². The number of hydrogen-bond acceptors (Lipinski definition) is 5. The van der Waals surface area contributed by atoms with Gasteiger partial charge in [-0.2, -0.15) is 0 Å². The molecule has 2 amide bonds. The summed E-state index contributed by atoms with van der Waals surface area (Å²) in [7, 11) is 0. The van der Waals surface area contributed by atoms with Crippen molar-refractivity contribution < 1.29 is 19.1 Å². The molecule has 0 bridgehead atoms. The lowest BCUT2D eigenvalue weighted by Gasteiger charge is -2.11. The number of nitrogens with zero attached hydrogens (tertiary/aromatic N) is 1. The highest BCUT2D eigenvalue weighted by Crippen LogP contribution is 2.34. The van der Waals surface area contributed by atoms with Crippen LogP contribution in [0.25, 0.3) is 6.08 Å². The van der Waals surface area contributed by atoms with Gasteiger partial charge < -0.3 is 4.74 Å². The zero-order chi connectivity index (χ0) is 23.4. The Morgan fingerprint density at radius 1 is 0.970 bits per heavy atom. The standard InChI is InChI=1S/C25H17Br2NO4S/c26-19-9-7-18(8-10-19)21(29)14-28-24(30)23(33-25(28)31)13-17-6-11-22(20(27)12-17)32-15-16-4-2-1-3-5-16/h1-13H,14-15H2/b23-13+. The van der Waals surface area contributed by atoms with Crippen LogP contribution in [-0.2, 0) is 11.4 Å². The van der Waals surface area contributed by atoms with E-state index < -0.39 is 11.1 Å². The van der Waals surface area contributed by atoms with Crippen LogP contribution in [0.15, 0.2) is 86.6 Å². The van der Waals surface area contributed by atoms with Crippen molar-refractivity contribution in [3.05, 3.63) is 103 Å². The quantitative estimate of drug-likeness (QED) is 0.227. The summed E-state index contributed by atoms with van der Waals surface area (Å²) in [5, 5.41) is -0.460. The molecule has 0 N–H and O–H groups in total. The molecule has 1 heterocycles. The first kappa shape index (κ1) is 23.5. The lowest BCUT2D eigenvalue weighted by atomic mass is 10.1. The van der Waals surface area contributed by atoms with Crippen LogP contribution in [0.5, 0.6) is 5.75 Å². The highest BCUT2D eigenvalue weighted by molar-refractivity contribution is 9.10. The molecule has 5 nitrogen and oxygen atoms in total. The average Bonchev–Trinajstić information content (AvgIpc) is 3.07. The van der Waals surface area contributed by atoms with Gasteiger partial charge in [0.2, 0.25) is 0 Å². The molecule has 1 fully saturated rings. The maximum Gasteiger partial charge on any atom is 0.293 e. The Labute approximate surface area is 212 Å². The predicted molar refractivity (Wildman–Crippen MR) is 136 cm³/mol. The number of imide groups is 1. The molecule has 8 heteroatoms. The van der Waals surface area contributed by atoms with E-state index in [0.29, 0.717) is 17.9 Å². The fourth-order valence-corrected chi connectivity index (χ4v) is 4.73.